The van der Waals surface area contributed by atoms with E-state index in [0.717, 1.165) is 5.56 Å². The zero-order valence-corrected chi connectivity index (χ0v) is 11.9. The van der Waals surface area contributed by atoms with E-state index in [9.17, 15) is 4.39 Å². The van der Waals surface area contributed by atoms with Crippen LogP contribution in [0.4, 0.5) is 4.39 Å². The summed E-state index contributed by atoms with van der Waals surface area (Å²) in [6.07, 6.45) is 0. The summed E-state index contributed by atoms with van der Waals surface area (Å²) >= 11 is 7.50. The van der Waals surface area contributed by atoms with Gasteiger partial charge in [-0.3, -0.25) is 0 Å². The third kappa shape index (κ3) is 3.10. The second-order valence-corrected chi connectivity index (χ2v) is 5.67. The summed E-state index contributed by atoms with van der Waals surface area (Å²) < 4.78 is 13.0. The Labute approximate surface area is 116 Å². The van der Waals surface area contributed by atoms with Crippen molar-refractivity contribution in [2.75, 3.05) is 0 Å². The zero-order valence-electron chi connectivity index (χ0n) is 10.3. The highest BCUT2D eigenvalue weighted by Crippen LogP contribution is 2.24. The number of nitrogens with one attached hydrogen (secondary N) is 1. The largest absolute Gasteiger partial charge is 0.305 e. The van der Waals surface area contributed by atoms with Crippen LogP contribution >= 0.6 is 22.9 Å². The van der Waals surface area contributed by atoms with Gasteiger partial charge in [0, 0.05) is 17.5 Å². The molecular weight excluding hydrogens is 269 g/mol. The van der Waals surface area contributed by atoms with Gasteiger partial charge in [-0.1, -0.05) is 17.7 Å². The maximum Gasteiger partial charge on any atom is 0.141 e. The van der Waals surface area contributed by atoms with Crippen LogP contribution in [0.25, 0.3) is 0 Å². The van der Waals surface area contributed by atoms with Crippen LogP contribution < -0.4 is 5.32 Å². The molecule has 0 amide bonds. The van der Waals surface area contributed by atoms with Crippen molar-refractivity contribution in [3.05, 3.63) is 56.5 Å². The molecule has 0 aliphatic carbocycles. The molecule has 4 heteroatoms. The molecule has 96 valence electrons. The molecule has 0 fully saturated rings. The van der Waals surface area contributed by atoms with E-state index in [1.165, 1.54) is 16.5 Å². The lowest BCUT2D eigenvalue weighted by molar-refractivity contribution is 0.578. The molecule has 1 atom stereocenters. The molecule has 0 spiro atoms. The van der Waals surface area contributed by atoms with Crippen molar-refractivity contribution < 1.29 is 4.39 Å². The van der Waals surface area contributed by atoms with Crippen molar-refractivity contribution in [2.45, 2.75) is 26.4 Å². The molecule has 2 rings (SSSR count). The molecule has 1 aromatic carbocycles. The van der Waals surface area contributed by atoms with E-state index < -0.39 is 0 Å². The summed E-state index contributed by atoms with van der Waals surface area (Å²) in [6, 6.07) is 7.22. The van der Waals surface area contributed by atoms with Crippen molar-refractivity contribution in [2.24, 2.45) is 0 Å². The number of benzene rings is 1. The molecule has 1 nitrogen and oxygen atoms in total. The van der Waals surface area contributed by atoms with Gasteiger partial charge in [0.05, 0.1) is 5.02 Å². The van der Waals surface area contributed by atoms with Crippen molar-refractivity contribution in [3.63, 3.8) is 0 Å². The predicted octanol–water partition coefficient (Wildman–Crippen LogP) is 4.70. The third-order valence-electron chi connectivity index (χ3n) is 2.89. The topological polar surface area (TPSA) is 12.0 Å². The first-order valence-corrected chi connectivity index (χ1v) is 7.05. The van der Waals surface area contributed by atoms with E-state index >= 15 is 0 Å². The first-order chi connectivity index (χ1) is 8.58. The summed E-state index contributed by atoms with van der Waals surface area (Å²) in [5, 5.41) is 5.69. The second-order valence-electron chi connectivity index (χ2n) is 4.32. The molecule has 0 aliphatic heterocycles. The SMILES string of the molecule is Cc1ccsc1C(C)NCc1ccc(F)c(Cl)c1. The molecule has 1 unspecified atom stereocenters. The minimum absolute atomic E-state index is 0.175. The van der Waals surface area contributed by atoms with E-state index in [4.69, 9.17) is 11.6 Å². The van der Waals surface area contributed by atoms with Crippen molar-refractivity contribution >= 4 is 22.9 Å². The highest BCUT2D eigenvalue weighted by Gasteiger charge is 2.09. The summed E-state index contributed by atoms with van der Waals surface area (Å²) in [5.41, 5.74) is 2.29. The van der Waals surface area contributed by atoms with Gasteiger partial charge in [0.25, 0.3) is 0 Å². The van der Waals surface area contributed by atoms with Gasteiger partial charge in [-0.2, -0.15) is 0 Å². The average Bonchev–Trinajstić information content (AvgIpc) is 2.77. The Bertz CT molecular complexity index is 538. The Morgan fingerprint density at radius 2 is 2.17 bits per heavy atom. The molecule has 2 aromatic rings. The molecule has 18 heavy (non-hydrogen) atoms. The molecular formula is C14H15ClFNS. The quantitative estimate of drug-likeness (QED) is 0.858. The molecule has 0 saturated heterocycles. The number of hydrogen-bond donors (Lipinski definition) is 1. The Balaban J connectivity index is 1.99. The normalized spacial score (nSPS) is 12.7. The van der Waals surface area contributed by atoms with Crippen LogP contribution in [-0.2, 0) is 6.54 Å². The third-order valence-corrected chi connectivity index (χ3v) is 4.38. The highest BCUT2D eigenvalue weighted by molar-refractivity contribution is 7.10. The Hall–Kier alpha value is -0.900. The van der Waals surface area contributed by atoms with Gasteiger partial charge in [0.2, 0.25) is 0 Å². The lowest BCUT2D eigenvalue weighted by atomic mass is 10.1. The number of hydrogen-bond acceptors (Lipinski definition) is 2. The summed E-state index contributed by atoms with van der Waals surface area (Å²) in [6.45, 7) is 4.92. The van der Waals surface area contributed by atoms with E-state index in [-0.39, 0.29) is 16.9 Å². The van der Waals surface area contributed by atoms with Gasteiger partial charge in [-0.05, 0) is 48.6 Å². The van der Waals surface area contributed by atoms with Crippen LogP contribution in [0.3, 0.4) is 0 Å². The molecule has 1 aromatic heterocycles. The van der Waals surface area contributed by atoms with Gasteiger partial charge >= 0.3 is 0 Å². The molecule has 0 bridgehead atoms. The highest BCUT2D eigenvalue weighted by atomic mass is 35.5. The molecule has 1 heterocycles. The first-order valence-electron chi connectivity index (χ1n) is 5.79. The number of rotatable bonds is 4. The van der Waals surface area contributed by atoms with Crippen LogP contribution in [0.15, 0.2) is 29.6 Å². The molecule has 0 aliphatic rings. The van der Waals surface area contributed by atoms with Crippen molar-refractivity contribution in [1.82, 2.24) is 5.32 Å². The Kier molecular flexibility index (Phi) is 4.38. The summed E-state index contributed by atoms with van der Waals surface area (Å²) in [7, 11) is 0. The van der Waals surface area contributed by atoms with Gasteiger partial charge in [0.15, 0.2) is 0 Å². The first kappa shape index (κ1) is 13.5. The average molecular weight is 284 g/mol. The van der Waals surface area contributed by atoms with Gasteiger partial charge in [0.1, 0.15) is 5.82 Å². The Morgan fingerprint density at radius 1 is 1.39 bits per heavy atom. The fourth-order valence-electron chi connectivity index (χ4n) is 1.84. The van der Waals surface area contributed by atoms with Gasteiger partial charge in [-0.15, -0.1) is 11.3 Å². The molecule has 0 saturated carbocycles. The minimum atomic E-state index is -0.373. The zero-order chi connectivity index (χ0) is 13.1. The van der Waals surface area contributed by atoms with E-state index in [1.54, 1.807) is 23.5 Å². The number of thiophene rings is 1. The summed E-state index contributed by atoms with van der Waals surface area (Å²) in [5.74, 6) is -0.373. The maximum absolute atomic E-state index is 13.0. The summed E-state index contributed by atoms with van der Waals surface area (Å²) in [4.78, 5) is 1.34. The second kappa shape index (κ2) is 5.83. The van der Waals surface area contributed by atoms with Crippen LogP contribution in [0.2, 0.25) is 5.02 Å². The monoisotopic (exact) mass is 283 g/mol. The van der Waals surface area contributed by atoms with Crippen molar-refractivity contribution in [1.29, 1.82) is 0 Å². The maximum atomic E-state index is 13.0. The van der Waals surface area contributed by atoms with Crippen LogP contribution in [0.1, 0.15) is 29.0 Å². The van der Waals surface area contributed by atoms with Gasteiger partial charge < -0.3 is 5.32 Å². The smallest absolute Gasteiger partial charge is 0.141 e. The Morgan fingerprint density at radius 3 is 2.78 bits per heavy atom. The fraction of sp³-hybridized carbons (Fsp3) is 0.286. The lowest BCUT2D eigenvalue weighted by Crippen LogP contribution is -2.17. The fourth-order valence-corrected chi connectivity index (χ4v) is 3.00. The van der Waals surface area contributed by atoms with Gasteiger partial charge in [-0.25, -0.2) is 4.39 Å². The van der Waals surface area contributed by atoms with E-state index in [0.29, 0.717) is 6.54 Å². The predicted molar refractivity (Wildman–Crippen MR) is 75.7 cm³/mol. The molecule has 0 radical (unpaired) electrons. The van der Waals surface area contributed by atoms with Crippen LogP contribution in [-0.4, -0.2) is 0 Å². The standard InChI is InChI=1S/C14H15ClFNS/c1-9-5-6-18-14(9)10(2)17-8-11-3-4-13(16)12(15)7-11/h3-7,10,17H,8H2,1-2H3. The van der Waals surface area contributed by atoms with E-state index in [1.807, 2.05) is 0 Å². The van der Waals surface area contributed by atoms with Crippen molar-refractivity contribution in [3.8, 4) is 0 Å². The van der Waals surface area contributed by atoms with Crippen LogP contribution in [0.5, 0.6) is 0 Å². The number of aryl methyl sites for hydroxylation is 1. The van der Waals surface area contributed by atoms with Crippen LogP contribution in [0, 0.1) is 12.7 Å². The lowest BCUT2D eigenvalue weighted by Gasteiger charge is -2.13. The number of halogens is 2. The molecule has 1 N–H and O–H groups in total. The minimum Gasteiger partial charge on any atom is -0.305 e. The van der Waals surface area contributed by atoms with E-state index in [2.05, 4.69) is 30.6 Å².